The molecule has 0 fully saturated rings. The number of anilines is 2. The first-order chi connectivity index (χ1) is 14.4. The van der Waals surface area contributed by atoms with E-state index in [0.717, 1.165) is 30.5 Å². The zero-order chi connectivity index (χ0) is 21.7. The van der Waals surface area contributed by atoms with Crippen molar-refractivity contribution in [1.82, 2.24) is 9.55 Å². The number of unbranched alkanes of at least 4 members (excludes halogenated alkanes) is 1. The van der Waals surface area contributed by atoms with E-state index < -0.39 is 22.9 Å². The van der Waals surface area contributed by atoms with E-state index in [1.165, 1.54) is 10.6 Å². The molecule has 0 saturated carbocycles. The van der Waals surface area contributed by atoms with Crippen LogP contribution >= 0.6 is 0 Å². The number of nitrogens with one attached hydrogen (secondary N) is 1. The first-order valence-corrected chi connectivity index (χ1v) is 9.76. The molecule has 30 heavy (non-hydrogen) atoms. The summed E-state index contributed by atoms with van der Waals surface area (Å²) >= 11 is 0. The summed E-state index contributed by atoms with van der Waals surface area (Å²) in [6.07, 6.45) is 1.57. The molecule has 1 aromatic heterocycles. The van der Waals surface area contributed by atoms with Crippen LogP contribution in [0.25, 0.3) is 0 Å². The van der Waals surface area contributed by atoms with Crippen molar-refractivity contribution >= 4 is 11.5 Å². The molecule has 0 unspecified atom stereocenters. The molecule has 8 heteroatoms. The molecule has 0 amide bonds. The molecule has 0 spiro atoms. The number of benzene rings is 2. The third-order valence-corrected chi connectivity index (χ3v) is 4.84. The average molecular weight is 414 g/mol. The molecule has 0 aliphatic heterocycles. The van der Waals surface area contributed by atoms with E-state index in [0.29, 0.717) is 18.7 Å². The summed E-state index contributed by atoms with van der Waals surface area (Å²) in [6.45, 7) is 2.75. The van der Waals surface area contributed by atoms with E-state index in [-0.39, 0.29) is 18.1 Å². The number of aromatic nitrogens is 2. The van der Waals surface area contributed by atoms with Crippen LogP contribution in [-0.2, 0) is 19.6 Å². The van der Waals surface area contributed by atoms with E-state index in [9.17, 15) is 18.4 Å². The molecular weight excluding hydrogens is 390 g/mol. The number of H-pyrrole nitrogens is 1. The molecule has 158 valence electrons. The standard InChI is InChI=1S/C22H24F2N4O2/c1-2-3-11-28-20(25)19(21(29)26-22(28)30)27(13-15-7-5-4-6-8-15)14-16-9-10-17(23)18(24)12-16/h4-10,12H,2-3,11,13-14,25H2,1H3,(H,26,29,30). The summed E-state index contributed by atoms with van der Waals surface area (Å²) < 4.78 is 28.4. The van der Waals surface area contributed by atoms with Crippen molar-refractivity contribution in [1.29, 1.82) is 0 Å². The van der Waals surface area contributed by atoms with E-state index in [2.05, 4.69) is 4.98 Å². The maximum atomic E-state index is 13.7. The summed E-state index contributed by atoms with van der Waals surface area (Å²) in [7, 11) is 0. The number of aromatic amines is 1. The van der Waals surface area contributed by atoms with Crippen LogP contribution in [0.2, 0.25) is 0 Å². The fourth-order valence-corrected chi connectivity index (χ4v) is 3.30. The average Bonchev–Trinajstić information content (AvgIpc) is 2.71. The normalized spacial score (nSPS) is 10.9. The summed E-state index contributed by atoms with van der Waals surface area (Å²) in [4.78, 5) is 29.0. The lowest BCUT2D eigenvalue weighted by molar-refractivity contribution is 0.506. The van der Waals surface area contributed by atoms with Crippen LogP contribution in [0.15, 0.2) is 58.1 Å². The molecule has 2 aromatic carbocycles. The first-order valence-electron chi connectivity index (χ1n) is 9.76. The molecule has 0 aliphatic carbocycles. The van der Waals surface area contributed by atoms with Crippen LogP contribution in [0.1, 0.15) is 30.9 Å². The van der Waals surface area contributed by atoms with E-state index >= 15 is 0 Å². The maximum absolute atomic E-state index is 13.7. The second kappa shape index (κ2) is 9.39. The Kier molecular flexibility index (Phi) is 6.66. The Hall–Kier alpha value is -3.42. The zero-order valence-electron chi connectivity index (χ0n) is 16.7. The van der Waals surface area contributed by atoms with E-state index in [4.69, 9.17) is 5.73 Å². The SMILES string of the molecule is CCCCn1c(N)c(N(Cc2ccccc2)Cc2ccc(F)c(F)c2)c(=O)[nH]c1=O. The molecule has 0 saturated heterocycles. The van der Waals surface area contributed by atoms with Crippen molar-refractivity contribution in [3.63, 3.8) is 0 Å². The van der Waals surface area contributed by atoms with Crippen LogP contribution in [0, 0.1) is 11.6 Å². The highest BCUT2D eigenvalue weighted by atomic mass is 19.2. The molecule has 0 aliphatic rings. The molecule has 0 atom stereocenters. The highest BCUT2D eigenvalue weighted by Gasteiger charge is 2.20. The van der Waals surface area contributed by atoms with Crippen molar-refractivity contribution in [3.05, 3.63) is 92.1 Å². The molecule has 6 nitrogen and oxygen atoms in total. The zero-order valence-corrected chi connectivity index (χ0v) is 16.7. The van der Waals surface area contributed by atoms with Gasteiger partial charge in [0.05, 0.1) is 0 Å². The Morgan fingerprint density at radius 2 is 1.70 bits per heavy atom. The third kappa shape index (κ3) is 4.76. The Bertz CT molecular complexity index is 1130. The van der Waals surface area contributed by atoms with Gasteiger partial charge in [0.2, 0.25) is 0 Å². The van der Waals surface area contributed by atoms with Gasteiger partial charge in [-0.1, -0.05) is 49.7 Å². The molecular formula is C22H24F2N4O2. The van der Waals surface area contributed by atoms with Crippen molar-refractivity contribution in [2.45, 2.75) is 39.4 Å². The number of nitrogens with two attached hydrogens (primary N) is 1. The van der Waals surface area contributed by atoms with Gasteiger partial charge in [0.25, 0.3) is 5.56 Å². The van der Waals surface area contributed by atoms with Gasteiger partial charge in [0.15, 0.2) is 11.6 Å². The lowest BCUT2D eigenvalue weighted by Gasteiger charge is -2.26. The van der Waals surface area contributed by atoms with Crippen LogP contribution in [0.4, 0.5) is 20.3 Å². The number of hydrogen-bond acceptors (Lipinski definition) is 4. The van der Waals surface area contributed by atoms with Gasteiger partial charge in [0.1, 0.15) is 11.5 Å². The number of halogens is 2. The minimum Gasteiger partial charge on any atom is -0.383 e. The lowest BCUT2D eigenvalue weighted by atomic mass is 10.1. The Labute approximate surface area is 172 Å². The van der Waals surface area contributed by atoms with Gasteiger partial charge in [0, 0.05) is 19.6 Å². The van der Waals surface area contributed by atoms with Gasteiger partial charge >= 0.3 is 5.69 Å². The third-order valence-electron chi connectivity index (χ3n) is 4.84. The minimum absolute atomic E-state index is 0.0516. The molecule has 1 heterocycles. The Morgan fingerprint density at radius 1 is 1.00 bits per heavy atom. The second-order valence-electron chi connectivity index (χ2n) is 7.09. The van der Waals surface area contributed by atoms with E-state index in [1.54, 1.807) is 4.90 Å². The van der Waals surface area contributed by atoms with Crippen LogP contribution in [0.5, 0.6) is 0 Å². The van der Waals surface area contributed by atoms with Crippen LogP contribution < -0.4 is 21.9 Å². The molecule has 3 N–H and O–H groups in total. The van der Waals surface area contributed by atoms with Gasteiger partial charge in [-0.15, -0.1) is 0 Å². The van der Waals surface area contributed by atoms with Crippen LogP contribution in [0.3, 0.4) is 0 Å². The summed E-state index contributed by atoms with van der Waals surface area (Å²) in [5.74, 6) is -1.86. The Balaban J connectivity index is 2.08. The highest BCUT2D eigenvalue weighted by molar-refractivity contribution is 5.62. The minimum atomic E-state index is -0.970. The Morgan fingerprint density at radius 3 is 2.37 bits per heavy atom. The predicted molar refractivity (Wildman–Crippen MR) is 113 cm³/mol. The fraction of sp³-hybridized carbons (Fsp3) is 0.273. The molecule has 0 bridgehead atoms. The lowest BCUT2D eigenvalue weighted by Crippen LogP contribution is -2.38. The molecule has 0 radical (unpaired) electrons. The van der Waals surface area contributed by atoms with Gasteiger partial charge in [-0.2, -0.15) is 0 Å². The fourth-order valence-electron chi connectivity index (χ4n) is 3.30. The van der Waals surface area contributed by atoms with E-state index in [1.807, 2.05) is 37.3 Å². The summed E-state index contributed by atoms with van der Waals surface area (Å²) in [6, 6.07) is 12.9. The first kappa shape index (κ1) is 21.3. The number of rotatable bonds is 8. The summed E-state index contributed by atoms with van der Waals surface area (Å²) in [5.41, 5.74) is 6.55. The largest absolute Gasteiger partial charge is 0.383 e. The van der Waals surface area contributed by atoms with Gasteiger partial charge < -0.3 is 10.6 Å². The highest BCUT2D eigenvalue weighted by Crippen LogP contribution is 2.23. The van der Waals surface area contributed by atoms with Crippen molar-refractivity contribution in [3.8, 4) is 0 Å². The second-order valence-corrected chi connectivity index (χ2v) is 7.09. The number of hydrogen-bond donors (Lipinski definition) is 2. The van der Waals surface area contributed by atoms with Crippen molar-refractivity contribution in [2.24, 2.45) is 0 Å². The topological polar surface area (TPSA) is 84.1 Å². The monoisotopic (exact) mass is 414 g/mol. The summed E-state index contributed by atoms with van der Waals surface area (Å²) in [5, 5.41) is 0. The molecule has 3 aromatic rings. The quantitative estimate of drug-likeness (QED) is 0.592. The van der Waals surface area contributed by atoms with Gasteiger partial charge in [-0.25, -0.2) is 13.6 Å². The maximum Gasteiger partial charge on any atom is 0.330 e. The smallest absolute Gasteiger partial charge is 0.330 e. The predicted octanol–water partition coefficient (Wildman–Crippen LogP) is 3.40. The van der Waals surface area contributed by atoms with Gasteiger partial charge in [-0.3, -0.25) is 14.3 Å². The van der Waals surface area contributed by atoms with Crippen LogP contribution in [-0.4, -0.2) is 9.55 Å². The molecule has 3 rings (SSSR count). The van der Waals surface area contributed by atoms with Crippen molar-refractivity contribution in [2.75, 3.05) is 10.6 Å². The number of nitrogen functional groups attached to an aromatic ring is 1. The van der Waals surface area contributed by atoms with Gasteiger partial charge in [-0.05, 0) is 29.7 Å². The van der Waals surface area contributed by atoms with Crippen molar-refractivity contribution < 1.29 is 8.78 Å². The number of nitrogens with zero attached hydrogens (tertiary/aromatic N) is 2.